The van der Waals surface area contributed by atoms with Crippen LogP contribution < -0.4 is 10.8 Å². The normalized spacial score (nSPS) is 16.3. The Balaban J connectivity index is 1.39. The number of aliphatic hydroxyl groups excluding tert-OH is 1. The summed E-state index contributed by atoms with van der Waals surface area (Å²) in [7, 11) is 3.15. The van der Waals surface area contributed by atoms with E-state index in [0.717, 1.165) is 18.4 Å². The number of anilines is 1. The number of carbonyl (C=O) groups is 1. The van der Waals surface area contributed by atoms with Crippen LogP contribution in [0.25, 0.3) is 33.3 Å². The average molecular weight is 576 g/mol. The maximum atomic E-state index is 13.9. The molecule has 1 amide bonds. The number of halogens is 2. The highest BCUT2D eigenvalue weighted by Gasteiger charge is 2.31. The van der Waals surface area contributed by atoms with Crippen molar-refractivity contribution in [2.24, 2.45) is 0 Å². The molecule has 0 unspecified atom stereocenters. The third-order valence-electron chi connectivity index (χ3n) is 8.00. The summed E-state index contributed by atoms with van der Waals surface area (Å²) in [5.74, 6) is -0.452. The third-order valence-corrected chi connectivity index (χ3v) is 8.00. The number of piperidine rings is 1. The minimum absolute atomic E-state index is 0.0735. The highest BCUT2D eigenvalue weighted by molar-refractivity contribution is 5.99. The van der Waals surface area contributed by atoms with Crippen LogP contribution >= 0.6 is 0 Å². The summed E-state index contributed by atoms with van der Waals surface area (Å²) in [5.41, 5.74) is 7.24. The number of furan rings is 2. The van der Waals surface area contributed by atoms with E-state index in [9.17, 15) is 18.7 Å². The third kappa shape index (κ3) is 4.91. The molecule has 218 valence electrons. The molecule has 2 aromatic heterocycles. The van der Waals surface area contributed by atoms with Crippen molar-refractivity contribution in [3.05, 3.63) is 88.7 Å². The number of fused-ring (bicyclic) bond motifs is 2. The first-order valence-corrected chi connectivity index (χ1v) is 13.8. The van der Waals surface area contributed by atoms with Crippen molar-refractivity contribution in [2.75, 3.05) is 32.7 Å². The molecule has 0 bridgehead atoms. The molecule has 0 spiro atoms. The number of aryl methyl sites for hydroxylation is 1. The number of carbonyl (C=O) groups excluding carboxylic acids is 1. The Labute approximate surface area is 240 Å². The fourth-order valence-corrected chi connectivity index (χ4v) is 5.90. The smallest absolute Gasteiger partial charge is 0.289 e. The van der Waals surface area contributed by atoms with Crippen LogP contribution in [-0.4, -0.2) is 43.2 Å². The number of hydrogen-bond acceptors (Lipinski definition) is 7. The SMILES string of the molecule is CN[C@H](O)c1c(-c2ccc(F)cc2)oc2cc(NOC)c([C@@H]3CCCN(C(=O)c4oc5ccc(F)cc5c4C)C3)cc12. The van der Waals surface area contributed by atoms with E-state index < -0.39 is 6.23 Å². The van der Waals surface area contributed by atoms with Gasteiger partial charge in [-0.3, -0.25) is 20.4 Å². The van der Waals surface area contributed by atoms with Gasteiger partial charge >= 0.3 is 0 Å². The van der Waals surface area contributed by atoms with E-state index >= 15 is 0 Å². The number of amides is 1. The first-order chi connectivity index (χ1) is 20.3. The van der Waals surface area contributed by atoms with E-state index in [4.69, 9.17) is 13.7 Å². The van der Waals surface area contributed by atoms with Gasteiger partial charge in [-0.05, 0) is 80.9 Å². The summed E-state index contributed by atoms with van der Waals surface area (Å²) in [6, 6.07) is 13.9. The average Bonchev–Trinajstić information content (AvgIpc) is 3.53. The van der Waals surface area contributed by atoms with Crippen molar-refractivity contribution < 1.29 is 32.4 Å². The largest absolute Gasteiger partial charge is 0.456 e. The van der Waals surface area contributed by atoms with Gasteiger partial charge in [-0.1, -0.05) is 0 Å². The van der Waals surface area contributed by atoms with Gasteiger partial charge in [0.1, 0.15) is 34.8 Å². The predicted octanol–water partition coefficient (Wildman–Crippen LogP) is 6.64. The van der Waals surface area contributed by atoms with E-state index in [0.29, 0.717) is 63.2 Å². The molecule has 5 aromatic rings. The Morgan fingerprint density at radius 3 is 2.55 bits per heavy atom. The van der Waals surface area contributed by atoms with Gasteiger partial charge in [0, 0.05) is 52.5 Å². The number of rotatable bonds is 7. The van der Waals surface area contributed by atoms with Crippen LogP contribution in [0.2, 0.25) is 0 Å². The Morgan fingerprint density at radius 1 is 1.05 bits per heavy atom. The lowest BCUT2D eigenvalue weighted by Gasteiger charge is -2.33. The maximum Gasteiger partial charge on any atom is 0.289 e. The Morgan fingerprint density at radius 2 is 1.81 bits per heavy atom. The summed E-state index contributed by atoms with van der Waals surface area (Å²) in [6.07, 6.45) is 0.517. The first kappa shape index (κ1) is 27.9. The molecule has 8 nitrogen and oxygen atoms in total. The second kappa shape index (κ2) is 11.2. The Bertz CT molecular complexity index is 1780. The molecular formula is C32H31F2N3O5. The van der Waals surface area contributed by atoms with Crippen LogP contribution in [0.4, 0.5) is 14.5 Å². The van der Waals surface area contributed by atoms with E-state index in [1.807, 2.05) is 12.1 Å². The molecule has 3 aromatic carbocycles. The fraction of sp³-hybridized carbons (Fsp3) is 0.281. The molecular weight excluding hydrogens is 544 g/mol. The minimum Gasteiger partial charge on any atom is -0.456 e. The Kier molecular flexibility index (Phi) is 7.44. The second-order valence-electron chi connectivity index (χ2n) is 10.6. The lowest BCUT2D eigenvalue weighted by molar-refractivity contribution is 0.0676. The quantitative estimate of drug-likeness (QED) is 0.148. The number of benzene rings is 3. The van der Waals surface area contributed by atoms with E-state index in [1.54, 1.807) is 31.0 Å². The van der Waals surface area contributed by atoms with Crippen molar-refractivity contribution in [2.45, 2.75) is 31.9 Å². The lowest BCUT2D eigenvalue weighted by atomic mass is 9.88. The molecule has 1 fully saturated rings. The van der Waals surface area contributed by atoms with Gasteiger partial charge in [0.15, 0.2) is 5.76 Å². The zero-order valence-electron chi connectivity index (χ0n) is 23.5. The topological polar surface area (TPSA) is 100 Å². The van der Waals surface area contributed by atoms with Crippen molar-refractivity contribution in [3.8, 4) is 11.3 Å². The maximum absolute atomic E-state index is 13.9. The van der Waals surface area contributed by atoms with Gasteiger partial charge in [0.05, 0.1) is 12.8 Å². The van der Waals surface area contributed by atoms with Crippen LogP contribution in [0.1, 0.15) is 52.2 Å². The molecule has 6 rings (SSSR count). The molecule has 2 atom stereocenters. The van der Waals surface area contributed by atoms with Crippen molar-refractivity contribution in [1.29, 1.82) is 0 Å². The highest BCUT2D eigenvalue weighted by Crippen LogP contribution is 2.42. The summed E-state index contributed by atoms with van der Waals surface area (Å²) >= 11 is 0. The standard InChI is InChI=1S/C32H31F2N3O5/c1-17-22-13-21(34)10-11-26(22)41-29(17)32(39)37-12-4-5-19(16-37)23-14-24-27(15-25(23)36-40-3)42-30(28(24)31(38)35-2)18-6-8-20(33)9-7-18/h6-11,13-15,19,31,35-36,38H,4-5,12,16H2,1-3H3/t19-,31-/m1/s1. The molecule has 0 aliphatic carbocycles. The van der Waals surface area contributed by atoms with Crippen LogP contribution in [-0.2, 0) is 4.84 Å². The molecule has 3 heterocycles. The van der Waals surface area contributed by atoms with Crippen LogP contribution in [0, 0.1) is 18.6 Å². The monoisotopic (exact) mass is 575 g/mol. The molecule has 1 aliphatic heterocycles. The molecule has 1 aliphatic rings. The number of hydrogen-bond donors (Lipinski definition) is 3. The summed E-state index contributed by atoms with van der Waals surface area (Å²) in [5, 5.41) is 15.1. The molecule has 1 saturated heterocycles. The van der Waals surface area contributed by atoms with Crippen LogP contribution in [0.5, 0.6) is 0 Å². The summed E-state index contributed by atoms with van der Waals surface area (Å²) in [4.78, 5) is 20.7. The van der Waals surface area contributed by atoms with Gasteiger partial charge < -0.3 is 18.8 Å². The molecule has 0 radical (unpaired) electrons. The number of likely N-dealkylation sites (tertiary alicyclic amines) is 1. The summed E-state index contributed by atoms with van der Waals surface area (Å²) in [6.45, 7) is 2.74. The van der Waals surface area contributed by atoms with Crippen LogP contribution in [0.15, 0.2) is 63.4 Å². The predicted molar refractivity (Wildman–Crippen MR) is 155 cm³/mol. The summed E-state index contributed by atoms with van der Waals surface area (Å²) < 4.78 is 39.6. The van der Waals surface area contributed by atoms with Gasteiger partial charge in [-0.15, -0.1) is 0 Å². The van der Waals surface area contributed by atoms with Gasteiger partial charge in [-0.2, -0.15) is 0 Å². The van der Waals surface area contributed by atoms with Gasteiger partial charge in [-0.25, -0.2) is 8.78 Å². The molecule has 0 saturated carbocycles. The van der Waals surface area contributed by atoms with Crippen molar-refractivity contribution in [3.63, 3.8) is 0 Å². The lowest BCUT2D eigenvalue weighted by Crippen LogP contribution is -2.39. The van der Waals surface area contributed by atoms with E-state index in [2.05, 4.69) is 10.8 Å². The zero-order valence-corrected chi connectivity index (χ0v) is 23.5. The highest BCUT2D eigenvalue weighted by atomic mass is 19.1. The fourth-order valence-electron chi connectivity index (χ4n) is 5.90. The second-order valence-corrected chi connectivity index (χ2v) is 10.6. The zero-order chi connectivity index (χ0) is 29.5. The minimum atomic E-state index is -1.05. The molecule has 3 N–H and O–H groups in total. The van der Waals surface area contributed by atoms with Gasteiger partial charge in [0.2, 0.25) is 0 Å². The van der Waals surface area contributed by atoms with Gasteiger partial charge in [0.25, 0.3) is 5.91 Å². The number of nitrogens with zero attached hydrogens (tertiary/aromatic N) is 1. The number of aliphatic hydroxyl groups is 1. The number of nitrogens with one attached hydrogen (secondary N) is 2. The van der Waals surface area contributed by atoms with E-state index in [-0.39, 0.29) is 29.2 Å². The van der Waals surface area contributed by atoms with Crippen molar-refractivity contribution >= 4 is 33.5 Å². The molecule has 10 heteroatoms. The van der Waals surface area contributed by atoms with Crippen LogP contribution in [0.3, 0.4) is 0 Å². The molecule has 42 heavy (non-hydrogen) atoms. The first-order valence-electron chi connectivity index (χ1n) is 13.8. The van der Waals surface area contributed by atoms with Crippen molar-refractivity contribution in [1.82, 2.24) is 10.2 Å². The van der Waals surface area contributed by atoms with E-state index in [1.165, 1.54) is 37.4 Å². The Hall–Kier alpha value is -4.25.